The summed E-state index contributed by atoms with van der Waals surface area (Å²) in [5.41, 5.74) is 1.49. The number of imide groups is 1. The number of aromatic amines is 1. The first-order valence-corrected chi connectivity index (χ1v) is 10.5. The number of methoxy groups -OCH3 is 3. The summed E-state index contributed by atoms with van der Waals surface area (Å²) >= 11 is 0. The van der Waals surface area contributed by atoms with Gasteiger partial charge in [0.15, 0.2) is 17.0 Å². The zero-order chi connectivity index (χ0) is 23.5. The molecule has 0 bridgehead atoms. The third kappa shape index (κ3) is 2.68. The molecule has 1 fully saturated rings. The number of H-pyrrole nitrogens is 1. The van der Waals surface area contributed by atoms with Crippen LogP contribution < -0.4 is 14.4 Å². The van der Waals surface area contributed by atoms with Crippen LogP contribution >= 0.6 is 0 Å². The minimum atomic E-state index is -1.25. The summed E-state index contributed by atoms with van der Waals surface area (Å²) < 4.78 is 15.6. The number of hydrogen-bond donors (Lipinski definition) is 1. The predicted molar refractivity (Wildman–Crippen MR) is 120 cm³/mol. The van der Waals surface area contributed by atoms with E-state index in [1.54, 1.807) is 11.8 Å². The van der Waals surface area contributed by atoms with Crippen molar-refractivity contribution >= 4 is 34.5 Å². The van der Waals surface area contributed by atoms with Crippen molar-refractivity contribution in [3.05, 3.63) is 53.2 Å². The second-order valence-corrected chi connectivity index (χ2v) is 8.14. The summed E-state index contributed by atoms with van der Waals surface area (Å²) in [5, 5.41) is 1.04. The number of esters is 1. The average Bonchev–Trinajstić information content (AvgIpc) is 3.31. The highest BCUT2D eigenvalue weighted by atomic mass is 16.5. The average molecular weight is 449 g/mol. The van der Waals surface area contributed by atoms with Crippen molar-refractivity contribution in [2.75, 3.05) is 32.8 Å². The van der Waals surface area contributed by atoms with Crippen molar-refractivity contribution in [2.24, 2.45) is 0 Å². The molecule has 2 aliphatic rings. The van der Waals surface area contributed by atoms with E-state index < -0.39 is 23.4 Å². The van der Waals surface area contributed by atoms with Gasteiger partial charge in [-0.25, -0.2) is 14.5 Å². The Morgan fingerprint density at radius 3 is 2.45 bits per heavy atom. The zero-order valence-electron chi connectivity index (χ0n) is 18.7. The van der Waals surface area contributed by atoms with Crippen LogP contribution in [0.5, 0.6) is 11.5 Å². The Labute approximate surface area is 189 Å². The molecular weight excluding hydrogens is 426 g/mol. The number of hydrogen-bond acceptors (Lipinski definition) is 6. The molecule has 1 atom stereocenters. The molecule has 2 aliphatic heterocycles. The molecular formula is C24H23N3O6. The highest BCUT2D eigenvalue weighted by Gasteiger charge is 2.59. The molecule has 0 aliphatic carbocycles. The van der Waals surface area contributed by atoms with Crippen molar-refractivity contribution in [3.8, 4) is 11.5 Å². The van der Waals surface area contributed by atoms with Crippen LogP contribution in [0.4, 0.5) is 10.5 Å². The molecule has 3 amide bonds. The van der Waals surface area contributed by atoms with Crippen molar-refractivity contribution in [2.45, 2.75) is 18.9 Å². The fraction of sp³-hybridized carbons (Fsp3) is 0.292. The van der Waals surface area contributed by atoms with Crippen LogP contribution in [0.2, 0.25) is 0 Å². The summed E-state index contributed by atoms with van der Waals surface area (Å²) in [7, 11) is 4.11. The lowest BCUT2D eigenvalue weighted by Crippen LogP contribution is -2.49. The minimum Gasteiger partial charge on any atom is -0.493 e. The Balaban J connectivity index is 1.70. The molecule has 0 radical (unpaired) electrons. The van der Waals surface area contributed by atoms with Crippen LogP contribution in [0.3, 0.4) is 0 Å². The molecule has 0 spiro atoms. The number of rotatable bonds is 4. The van der Waals surface area contributed by atoms with Gasteiger partial charge in [-0.3, -0.25) is 4.79 Å². The number of aromatic nitrogens is 1. The number of fused-ring (bicyclic) bond motifs is 5. The SMILES string of the molecule is COC(=O)c1cc(OC)c(OC)cc1N1C(=O)N2CCc3c([nH]c4ccccc34)[C@@]2(C)C1=O. The number of amides is 3. The summed E-state index contributed by atoms with van der Waals surface area (Å²) in [4.78, 5) is 46.1. The zero-order valence-corrected chi connectivity index (χ0v) is 18.7. The van der Waals surface area contributed by atoms with E-state index in [1.807, 2.05) is 24.3 Å². The van der Waals surface area contributed by atoms with Crippen LogP contribution in [-0.4, -0.2) is 55.7 Å². The standard InChI is InChI=1S/C24H23N3O6/c1-24-20-14(13-7-5-6-8-16(13)25-20)9-10-26(24)23(30)27(22(24)29)17-12-19(32-3)18(31-2)11-15(17)21(28)33-4/h5-8,11-12,25H,9-10H2,1-4H3/t24-/m0/s1. The molecule has 1 aromatic heterocycles. The highest BCUT2D eigenvalue weighted by molar-refractivity contribution is 6.25. The molecule has 1 saturated heterocycles. The van der Waals surface area contributed by atoms with E-state index in [9.17, 15) is 14.4 Å². The monoisotopic (exact) mass is 449 g/mol. The van der Waals surface area contributed by atoms with Gasteiger partial charge in [-0.15, -0.1) is 0 Å². The van der Waals surface area contributed by atoms with Crippen molar-refractivity contribution in [1.82, 2.24) is 9.88 Å². The molecule has 9 heteroatoms. The van der Waals surface area contributed by atoms with E-state index in [-0.39, 0.29) is 22.7 Å². The quantitative estimate of drug-likeness (QED) is 0.485. The van der Waals surface area contributed by atoms with Gasteiger partial charge in [0.05, 0.1) is 38.3 Å². The van der Waals surface area contributed by atoms with E-state index in [0.717, 1.165) is 21.4 Å². The second-order valence-electron chi connectivity index (χ2n) is 8.14. The Morgan fingerprint density at radius 2 is 1.76 bits per heavy atom. The van der Waals surface area contributed by atoms with Crippen molar-refractivity contribution < 1.29 is 28.6 Å². The normalized spacial score (nSPS) is 19.5. The Morgan fingerprint density at radius 1 is 1.06 bits per heavy atom. The third-order valence-electron chi connectivity index (χ3n) is 6.62. The summed E-state index contributed by atoms with van der Waals surface area (Å²) in [6.45, 7) is 2.10. The van der Waals surface area contributed by atoms with Crippen LogP contribution in [0.25, 0.3) is 10.9 Å². The number of carbonyl (C=O) groups is 3. The maximum Gasteiger partial charge on any atom is 0.340 e. The molecule has 9 nitrogen and oxygen atoms in total. The lowest BCUT2D eigenvalue weighted by atomic mass is 9.87. The Bertz CT molecular complexity index is 1330. The van der Waals surface area contributed by atoms with Gasteiger partial charge in [0, 0.05) is 29.6 Å². The minimum absolute atomic E-state index is 0.0252. The number of para-hydroxylation sites is 1. The van der Waals surface area contributed by atoms with Gasteiger partial charge >= 0.3 is 12.0 Å². The summed E-state index contributed by atoms with van der Waals surface area (Å²) in [6, 6.07) is 10.2. The molecule has 1 N–H and O–H groups in total. The first-order valence-electron chi connectivity index (χ1n) is 10.5. The van der Waals surface area contributed by atoms with E-state index >= 15 is 0 Å². The maximum absolute atomic E-state index is 13.9. The fourth-order valence-electron chi connectivity index (χ4n) is 4.93. The van der Waals surface area contributed by atoms with Gasteiger partial charge < -0.3 is 24.1 Å². The Hall–Kier alpha value is -4.01. The number of ether oxygens (including phenoxy) is 3. The lowest BCUT2D eigenvalue weighted by Gasteiger charge is -2.35. The van der Waals surface area contributed by atoms with E-state index in [1.165, 1.54) is 33.5 Å². The topological polar surface area (TPSA) is 101 Å². The van der Waals surface area contributed by atoms with Crippen LogP contribution in [0.15, 0.2) is 36.4 Å². The first-order chi connectivity index (χ1) is 15.9. The van der Waals surface area contributed by atoms with Gasteiger partial charge in [0.1, 0.15) is 0 Å². The molecule has 3 aromatic rings. The number of nitrogens with one attached hydrogen (secondary N) is 1. The molecule has 2 aromatic carbocycles. The fourth-order valence-corrected chi connectivity index (χ4v) is 4.93. The van der Waals surface area contributed by atoms with E-state index in [4.69, 9.17) is 14.2 Å². The van der Waals surface area contributed by atoms with Gasteiger partial charge in [0.25, 0.3) is 5.91 Å². The van der Waals surface area contributed by atoms with Gasteiger partial charge in [-0.1, -0.05) is 18.2 Å². The Kier molecular flexibility index (Phi) is 4.59. The number of anilines is 1. The molecule has 33 heavy (non-hydrogen) atoms. The van der Waals surface area contributed by atoms with Gasteiger partial charge in [-0.05, 0) is 25.0 Å². The highest BCUT2D eigenvalue weighted by Crippen LogP contribution is 2.47. The predicted octanol–water partition coefficient (Wildman–Crippen LogP) is 3.21. The molecule has 0 saturated carbocycles. The molecule has 170 valence electrons. The largest absolute Gasteiger partial charge is 0.493 e. The number of benzene rings is 2. The van der Waals surface area contributed by atoms with Crippen LogP contribution in [0, 0.1) is 0 Å². The molecule has 0 unspecified atom stereocenters. The van der Waals surface area contributed by atoms with Crippen molar-refractivity contribution in [1.29, 1.82) is 0 Å². The lowest BCUT2D eigenvalue weighted by molar-refractivity contribution is -0.125. The van der Waals surface area contributed by atoms with Gasteiger partial charge in [-0.2, -0.15) is 0 Å². The van der Waals surface area contributed by atoms with Crippen LogP contribution in [-0.2, 0) is 21.5 Å². The van der Waals surface area contributed by atoms with E-state index in [0.29, 0.717) is 18.7 Å². The molecule has 3 heterocycles. The van der Waals surface area contributed by atoms with Crippen molar-refractivity contribution in [3.63, 3.8) is 0 Å². The number of urea groups is 1. The van der Waals surface area contributed by atoms with Crippen LogP contribution in [0.1, 0.15) is 28.5 Å². The second kappa shape index (κ2) is 7.26. The summed E-state index contributed by atoms with van der Waals surface area (Å²) in [5.74, 6) is -0.602. The first kappa shape index (κ1) is 20.9. The third-order valence-corrected chi connectivity index (χ3v) is 6.62. The van der Waals surface area contributed by atoms with E-state index in [2.05, 4.69) is 4.98 Å². The number of nitrogens with zero attached hydrogens (tertiary/aromatic N) is 2. The summed E-state index contributed by atoms with van der Waals surface area (Å²) in [6.07, 6.45) is 0.609. The maximum atomic E-state index is 13.9. The number of carbonyl (C=O) groups excluding carboxylic acids is 3. The molecule has 5 rings (SSSR count). The van der Waals surface area contributed by atoms with Gasteiger partial charge in [0.2, 0.25) is 0 Å². The smallest absolute Gasteiger partial charge is 0.340 e.